The molecular formula is C13H12N2S. The minimum Gasteiger partial charge on any atom is -0.348 e. The molecule has 0 aliphatic heterocycles. The fourth-order valence-electron chi connectivity index (χ4n) is 1.99. The van der Waals surface area contributed by atoms with Crippen molar-refractivity contribution in [2.45, 2.75) is 13.5 Å². The van der Waals surface area contributed by atoms with E-state index in [1.54, 1.807) is 11.3 Å². The van der Waals surface area contributed by atoms with E-state index in [0.29, 0.717) is 0 Å². The van der Waals surface area contributed by atoms with E-state index in [9.17, 15) is 0 Å². The van der Waals surface area contributed by atoms with Crippen molar-refractivity contribution >= 4 is 22.2 Å². The van der Waals surface area contributed by atoms with Crippen LogP contribution in [-0.2, 0) is 6.54 Å². The van der Waals surface area contributed by atoms with Crippen LogP contribution in [0.1, 0.15) is 6.92 Å². The molecule has 0 saturated heterocycles. The predicted molar refractivity (Wildman–Crippen MR) is 68.7 cm³/mol. The number of benzene rings is 1. The van der Waals surface area contributed by atoms with Gasteiger partial charge in [-0.05, 0) is 25.1 Å². The molecule has 0 unspecified atom stereocenters. The van der Waals surface area contributed by atoms with E-state index in [0.717, 1.165) is 12.2 Å². The maximum atomic E-state index is 4.33. The molecule has 80 valence electrons. The molecule has 2 nitrogen and oxygen atoms in total. The number of thiazole rings is 1. The quantitative estimate of drug-likeness (QED) is 0.652. The summed E-state index contributed by atoms with van der Waals surface area (Å²) in [4.78, 5) is 4.33. The van der Waals surface area contributed by atoms with Crippen LogP contribution in [0.5, 0.6) is 0 Å². The third-order valence-corrected chi connectivity index (χ3v) is 3.43. The van der Waals surface area contributed by atoms with Gasteiger partial charge in [0.05, 0.1) is 11.2 Å². The molecular weight excluding hydrogens is 216 g/mol. The average molecular weight is 228 g/mol. The van der Waals surface area contributed by atoms with Crippen molar-refractivity contribution in [3.05, 3.63) is 41.4 Å². The standard InChI is InChI=1S/C13H12N2S/c1-2-15-6-5-11-7-10(3-4-13(11)15)12-8-16-9-14-12/h3-9H,2H2,1H3. The first-order valence-electron chi connectivity index (χ1n) is 5.36. The molecule has 0 radical (unpaired) electrons. The van der Waals surface area contributed by atoms with Crippen LogP contribution < -0.4 is 0 Å². The highest BCUT2D eigenvalue weighted by atomic mass is 32.1. The minimum atomic E-state index is 1.01. The molecule has 0 aliphatic carbocycles. The second kappa shape index (κ2) is 3.76. The summed E-state index contributed by atoms with van der Waals surface area (Å²) >= 11 is 1.63. The zero-order valence-corrected chi connectivity index (χ0v) is 9.87. The van der Waals surface area contributed by atoms with Gasteiger partial charge in [-0.2, -0.15) is 0 Å². The molecule has 0 saturated carbocycles. The highest BCUT2D eigenvalue weighted by molar-refractivity contribution is 7.07. The lowest BCUT2D eigenvalue weighted by atomic mass is 10.1. The van der Waals surface area contributed by atoms with E-state index < -0.39 is 0 Å². The molecule has 16 heavy (non-hydrogen) atoms. The smallest absolute Gasteiger partial charge is 0.0811 e. The van der Waals surface area contributed by atoms with Crippen LogP contribution in [0.25, 0.3) is 22.2 Å². The van der Waals surface area contributed by atoms with Crippen LogP contribution in [0.4, 0.5) is 0 Å². The van der Waals surface area contributed by atoms with Gasteiger partial charge in [-0.25, -0.2) is 4.98 Å². The number of fused-ring (bicyclic) bond motifs is 1. The van der Waals surface area contributed by atoms with Gasteiger partial charge >= 0.3 is 0 Å². The molecule has 0 amide bonds. The van der Waals surface area contributed by atoms with Gasteiger partial charge in [0.2, 0.25) is 0 Å². The summed E-state index contributed by atoms with van der Waals surface area (Å²) < 4.78 is 2.25. The average Bonchev–Trinajstić information content (AvgIpc) is 2.97. The molecule has 0 bridgehead atoms. The first-order chi connectivity index (χ1) is 7.88. The fourth-order valence-corrected chi connectivity index (χ4v) is 2.55. The Morgan fingerprint density at radius 2 is 2.25 bits per heavy atom. The van der Waals surface area contributed by atoms with Gasteiger partial charge in [-0.3, -0.25) is 0 Å². The molecule has 2 aromatic heterocycles. The predicted octanol–water partition coefficient (Wildman–Crippen LogP) is 3.78. The minimum absolute atomic E-state index is 1.01. The van der Waals surface area contributed by atoms with Gasteiger partial charge in [0.1, 0.15) is 0 Å². The Balaban J connectivity index is 2.17. The molecule has 0 aliphatic rings. The van der Waals surface area contributed by atoms with Gasteiger partial charge < -0.3 is 4.57 Å². The SMILES string of the molecule is CCn1ccc2cc(-c3cscn3)ccc21. The third-order valence-electron chi connectivity index (χ3n) is 2.84. The summed E-state index contributed by atoms with van der Waals surface area (Å²) in [6.07, 6.45) is 2.13. The third kappa shape index (κ3) is 1.44. The van der Waals surface area contributed by atoms with Crippen molar-refractivity contribution in [1.82, 2.24) is 9.55 Å². The topological polar surface area (TPSA) is 17.8 Å². The summed E-state index contributed by atoms with van der Waals surface area (Å²) in [5.74, 6) is 0. The molecule has 0 fully saturated rings. The van der Waals surface area contributed by atoms with E-state index in [1.165, 1.54) is 16.5 Å². The number of nitrogens with zero attached hydrogens (tertiary/aromatic N) is 2. The Hall–Kier alpha value is -1.61. The summed E-state index contributed by atoms with van der Waals surface area (Å²) in [5, 5.41) is 3.37. The molecule has 3 aromatic rings. The molecule has 0 spiro atoms. The Labute approximate surface area is 98.2 Å². The van der Waals surface area contributed by atoms with Crippen molar-refractivity contribution in [3.63, 3.8) is 0 Å². The highest BCUT2D eigenvalue weighted by Crippen LogP contribution is 2.24. The number of hydrogen-bond donors (Lipinski definition) is 0. The monoisotopic (exact) mass is 228 g/mol. The van der Waals surface area contributed by atoms with Gasteiger partial charge in [-0.15, -0.1) is 11.3 Å². The van der Waals surface area contributed by atoms with Crippen LogP contribution in [-0.4, -0.2) is 9.55 Å². The van der Waals surface area contributed by atoms with E-state index in [2.05, 4.69) is 52.3 Å². The lowest BCUT2D eigenvalue weighted by Crippen LogP contribution is -1.90. The Kier molecular flexibility index (Phi) is 2.26. The molecule has 0 atom stereocenters. The molecule has 3 heteroatoms. The van der Waals surface area contributed by atoms with Crippen molar-refractivity contribution < 1.29 is 0 Å². The largest absolute Gasteiger partial charge is 0.348 e. The van der Waals surface area contributed by atoms with Crippen LogP contribution in [0.15, 0.2) is 41.4 Å². The van der Waals surface area contributed by atoms with Crippen LogP contribution >= 0.6 is 11.3 Å². The Morgan fingerprint density at radius 1 is 1.31 bits per heavy atom. The van der Waals surface area contributed by atoms with E-state index in [4.69, 9.17) is 0 Å². The summed E-state index contributed by atoms with van der Waals surface area (Å²) in [6.45, 7) is 3.17. The Bertz CT molecular complexity index is 608. The van der Waals surface area contributed by atoms with Crippen molar-refractivity contribution in [2.75, 3.05) is 0 Å². The molecule has 3 rings (SSSR count). The van der Waals surface area contributed by atoms with Crippen molar-refractivity contribution in [2.24, 2.45) is 0 Å². The number of aryl methyl sites for hydroxylation is 1. The number of hydrogen-bond acceptors (Lipinski definition) is 2. The number of aromatic nitrogens is 2. The zero-order chi connectivity index (χ0) is 11.0. The van der Waals surface area contributed by atoms with Crippen LogP contribution in [0.3, 0.4) is 0 Å². The van der Waals surface area contributed by atoms with Gasteiger partial charge in [0, 0.05) is 34.6 Å². The Morgan fingerprint density at radius 3 is 3.00 bits per heavy atom. The molecule has 0 N–H and O–H groups in total. The van der Waals surface area contributed by atoms with Crippen molar-refractivity contribution in [3.8, 4) is 11.3 Å². The van der Waals surface area contributed by atoms with E-state index >= 15 is 0 Å². The van der Waals surface area contributed by atoms with Crippen molar-refractivity contribution in [1.29, 1.82) is 0 Å². The second-order valence-corrected chi connectivity index (χ2v) is 4.47. The van der Waals surface area contributed by atoms with E-state index in [-0.39, 0.29) is 0 Å². The van der Waals surface area contributed by atoms with Crippen LogP contribution in [0.2, 0.25) is 0 Å². The molecule has 2 heterocycles. The number of rotatable bonds is 2. The van der Waals surface area contributed by atoms with E-state index in [1.807, 2.05) is 5.51 Å². The summed E-state index contributed by atoms with van der Waals surface area (Å²) in [6, 6.07) is 8.68. The lowest BCUT2D eigenvalue weighted by Gasteiger charge is -2.01. The van der Waals surface area contributed by atoms with Gasteiger partial charge in [-0.1, -0.05) is 6.07 Å². The van der Waals surface area contributed by atoms with Gasteiger partial charge in [0.25, 0.3) is 0 Å². The fraction of sp³-hybridized carbons (Fsp3) is 0.154. The highest BCUT2D eigenvalue weighted by Gasteiger charge is 2.03. The lowest BCUT2D eigenvalue weighted by molar-refractivity contribution is 0.798. The summed E-state index contributed by atoms with van der Waals surface area (Å²) in [5.41, 5.74) is 5.43. The second-order valence-electron chi connectivity index (χ2n) is 3.75. The zero-order valence-electron chi connectivity index (χ0n) is 9.05. The summed E-state index contributed by atoms with van der Waals surface area (Å²) in [7, 11) is 0. The normalized spacial score (nSPS) is 11.1. The van der Waals surface area contributed by atoms with Gasteiger partial charge in [0.15, 0.2) is 0 Å². The molecule has 1 aromatic carbocycles. The first kappa shape index (κ1) is 9.60. The first-order valence-corrected chi connectivity index (χ1v) is 6.30. The van der Waals surface area contributed by atoms with Crippen LogP contribution in [0, 0.1) is 0 Å². The maximum Gasteiger partial charge on any atom is 0.0811 e. The maximum absolute atomic E-state index is 4.33.